The van der Waals surface area contributed by atoms with E-state index in [0.29, 0.717) is 16.8 Å². The average molecular weight is 375 g/mol. The van der Waals surface area contributed by atoms with Crippen LogP contribution in [0.1, 0.15) is 11.1 Å². The minimum Gasteiger partial charge on any atom is -0.375 e. The van der Waals surface area contributed by atoms with E-state index in [4.69, 9.17) is 0 Å². The Bertz CT molecular complexity index is 1010. The van der Waals surface area contributed by atoms with Crippen LogP contribution in [-0.2, 0) is 21.6 Å². The summed E-state index contributed by atoms with van der Waals surface area (Å²) in [4.78, 5) is 27.6. The van der Waals surface area contributed by atoms with Gasteiger partial charge in [-0.3, -0.25) is 9.59 Å². The van der Waals surface area contributed by atoms with Crippen LogP contribution in [0, 0.1) is 11.7 Å². The van der Waals surface area contributed by atoms with Crippen LogP contribution in [0.25, 0.3) is 0 Å². The topological polar surface area (TPSA) is 57.6 Å². The highest BCUT2D eigenvalue weighted by atomic mass is 19.1. The van der Waals surface area contributed by atoms with Crippen LogP contribution in [0.15, 0.2) is 84.9 Å². The molecule has 2 amide bonds. The second-order valence-corrected chi connectivity index (χ2v) is 6.83. The summed E-state index contributed by atoms with van der Waals surface area (Å²) in [6.45, 7) is 0. The Balaban J connectivity index is 1.81. The highest BCUT2D eigenvalue weighted by Gasteiger charge is 2.59. The Kier molecular flexibility index (Phi) is 4.53. The summed E-state index contributed by atoms with van der Waals surface area (Å²) in [7, 11) is 0. The lowest BCUT2D eigenvalue weighted by atomic mass is 9.80. The van der Waals surface area contributed by atoms with Crippen LogP contribution in [0.3, 0.4) is 0 Å². The number of amides is 2. The molecular formula is C23H18FNO3. The Morgan fingerprint density at radius 3 is 2.04 bits per heavy atom. The maximum absolute atomic E-state index is 13.3. The van der Waals surface area contributed by atoms with Crippen LogP contribution in [0.5, 0.6) is 0 Å². The van der Waals surface area contributed by atoms with Crippen molar-refractivity contribution >= 4 is 17.5 Å². The number of rotatable bonds is 4. The van der Waals surface area contributed by atoms with Gasteiger partial charge in [-0.15, -0.1) is 0 Å². The zero-order valence-electron chi connectivity index (χ0n) is 15.0. The van der Waals surface area contributed by atoms with E-state index in [9.17, 15) is 19.1 Å². The van der Waals surface area contributed by atoms with Gasteiger partial charge >= 0.3 is 0 Å². The van der Waals surface area contributed by atoms with E-state index in [0.717, 1.165) is 4.90 Å². The summed E-state index contributed by atoms with van der Waals surface area (Å²) in [5.41, 5.74) is -0.563. The van der Waals surface area contributed by atoms with Gasteiger partial charge in [-0.1, -0.05) is 60.7 Å². The number of imide groups is 1. The maximum atomic E-state index is 13.3. The molecule has 0 radical (unpaired) electrons. The Morgan fingerprint density at radius 2 is 1.43 bits per heavy atom. The van der Waals surface area contributed by atoms with Crippen LogP contribution < -0.4 is 4.90 Å². The first kappa shape index (κ1) is 18.1. The lowest BCUT2D eigenvalue weighted by molar-refractivity contribution is -0.139. The van der Waals surface area contributed by atoms with Gasteiger partial charge in [0.2, 0.25) is 5.91 Å². The number of nitrogens with zero attached hydrogens (tertiary/aromatic N) is 1. The van der Waals surface area contributed by atoms with E-state index < -0.39 is 23.3 Å². The molecule has 1 heterocycles. The zero-order valence-corrected chi connectivity index (χ0v) is 15.0. The smallest absolute Gasteiger partial charge is 0.271 e. The molecular weight excluding hydrogens is 357 g/mol. The summed E-state index contributed by atoms with van der Waals surface area (Å²) in [6.07, 6.45) is 0.111. The van der Waals surface area contributed by atoms with Gasteiger partial charge in [0.15, 0.2) is 5.60 Å². The number of carbonyl (C=O) groups excluding carboxylic acids is 2. The second kappa shape index (κ2) is 7.02. The van der Waals surface area contributed by atoms with Crippen LogP contribution in [0.2, 0.25) is 0 Å². The van der Waals surface area contributed by atoms with Crippen molar-refractivity contribution in [1.29, 1.82) is 0 Å². The fourth-order valence-corrected chi connectivity index (χ4v) is 3.68. The summed E-state index contributed by atoms with van der Waals surface area (Å²) in [6, 6.07) is 22.7. The molecule has 1 aliphatic heterocycles. The number of hydrogen-bond acceptors (Lipinski definition) is 3. The van der Waals surface area contributed by atoms with Crippen LogP contribution in [-0.4, -0.2) is 16.9 Å². The molecule has 1 N–H and O–H groups in total. The lowest BCUT2D eigenvalue weighted by Crippen LogP contribution is -2.41. The second-order valence-electron chi connectivity index (χ2n) is 6.83. The van der Waals surface area contributed by atoms with E-state index in [1.165, 1.54) is 12.1 Å². The van der Waals surface area contributed by atoms with Crippen molar-refractivity contribution in [3.63, 3.8) is 0 Å². The molecule has 28 heavy (non-hydrogen) atoms. The number of carbonyl (C=O) groups is 2. The highest BCUT2D eigenvalue weighted by molar-refractivity contribution is 6.25. The molecule has 0 saturated carbocycles. The first-order valence-electron chi connectivity index (χ1n) is 8.97. The van der Waals surface area contributed by atoms with Gasteiger partial charge in [0.1, 0.15) is 5.82 Å². The molecule has 2 atom stereocenters. The van der Waals surface area contributed by atoms with Gasteiger partial charge < -0.3 is 5.11 Å². The van der Waals surface area contributed by atoms with E-state index in [-0.39, 0.29) is 12.2 Å². The van der Waals surface area contributed by atoms with Crippen molar-refractivity contribution in [3.8, 4) is 0 Å². The van der Waals surface area contributed by atoms with Gasteiger partial charge in [-0.05, 0) is 41.8 Å². The number of halogens is 1. The number of para-hydroxylation sites is 1. The predicted molar refractivity (Wildman–Crippen MR) is 103 cm³/mol. The van der Waals surface area contributed by atoms with E-state index in [1.54, 1.807) is 72.8 Å². The molecule has 1 fully saturated rings. The Morgan fingerprint density at radius 1 is 0.857 bits per heavy atom. The molecule has 4 nitrogen and oxygen atoms in total. The SMILES string of the molecule is O=C1[C@H](Cc2ccc(F)cc2)[C@@](O)(c2ccccc2)C(=O)N1c1ccccc1. The van der Waals surface area contributed by atoms with E-state index in [2.05, 4.69) is 0 Å². The summed E-state index contributed by atoms with van der Waals surface area (Å²) < 4.78 is 13.3. The summed E-state index contributed by atoms with van der Waals surface area (Å²) in [5, 5.41) is 11.5. The fourth-order valence-electron chi connectivity index (χ4n) is 3.68. The number of hydrogen-bond donors (Lipinski definition) is 1. The molecule has 5 heteroatoms. The number of benzene rings is 3. The van der Waals surface area contributed by atoms with Gasteiger partial charge in [0.25, 0.3) is 5.91 Å². The standard InChI is InChI=1S/C23H18FNO3/c24-18-13-11-16(12-14-18)15-20-21(26)25(19-9-5-2-6-10-19)22(27)23(20,28)17-7-3-1-4-8-17/h1-14,20,28H,15H2/t20-,23-/m0/s1. The summed E-state index contributed by atoms with van der Waals surface area (Å²) >= 11 is 0. The Hall–Kier alpha value is -3.31. The molecule has 3 aromatic carbocycles. The molecule has 1 saturated heterocycles. The van der Waals surface area contributed by atoms with E-state index in [1.807, 2.05) is 0 Å². The molecule has 0 spiro atoms. The van der Waals surface area contributed by atoms with E-state index >= 15 is 0 Å². The van der Waals surface area contributed by atoms with Crippen molar-refractivity contribution in [2.75, 3.05) is 4.90 Å². The van der Waals surface area contributed by atoms with Gasteiger partial charge in [-0.2, -0.15) is 0 Å². The number of anilines is 1. The highest BCUT2D eigenvalue weighted by Crippen LogP contribution is 2.42. The quantitative estimate of drug-likeness (QED) is 0.711. The molecule has 0 bridgehead atoms. The average Bonchev–Trinajstić information content (AvgIpc) is 2.92. The summed E-state index contributed by atoms with van der Waals surface area (Å²) in [5.74, 6) is -2.57. The van der Waals surface area contributed by atoms with Crippen molar-refractivity contribution < 1.29 is 19.1 Å². The molecule has 140 valence electrons. The first-order chi connectivity index (χ1) is 13.5. The fraction of sp³-hybridized carbons (Fsp3) is 0.130. The van der Waals surface area contributed by atoms with Crippen molar-refractivity contribution in [2.45, 2.75) is 12.0 Å². The third-order valence-corrected chi connectivity index (χ3v) is 5.13. The van der Waals surface area contributed by atoms with Crippen LogP contribution >= 0.6 is 0 Å². The minimum absolute atomic E-state index is 0.111. The normalized spacial score (nSPS) is 21.9. The molecule has 0 aromatic heterocycles. The van der Waals surface area contributed by atoms with Crippen LogP contribution in [0.4, 0.5) is 10.1 Å². The van der Waals surface area contributed by atoms with Gasteiger partial charge in [-0.25, -0.2) is 9.29 Å². The molecule has 1 aliphatic rings. The zero-order chi connectivity index (χ0) is 19.7. The lowest BCUT2D eigenvalue weighted by Gasteiger charge is -2.26. The number of aliphatic hydroxyl groups is 1. The Labute approximate surface area is 161 Å². The predicted octanol–water partition coefficient (Wildman–Crippen LogP) is 3.45. The molecule has 4 rings (SSSR count). The monoisotopic (exact) mass is 375 g/mol. The van der Waals surface area contributed by atoms with Gasteiger partial charge in [0, 0.05) is 0 Å². The minimum atomic E-state index is -2.00. The molecule has 0 unspecified atom stereocenters. The van der Waals surface area contributed by atoms with Crippen molar-refractivity contribution in [1.82, 2.24) is 0 Å². The first-order valence-corrected chi connectivity index (χ1v) is 8.97. The van der Waals surface area contributed by atoms with Crippen molar-refractivity contribution in [2.24, 2.45) is 5.92 Å². The maximum Gasteiger partial charge on any atom is 0.271 e. The third-order valence-electron chi connectivity index (χ3n) is 5.13. The van der Waals surface area contributed by atoms with Gasteiger partial charge in [0.05, 0.1) is 11.6 Å². The molecule has 0 aliphatic carbocycles. The largest absolute Gasteiger partial charge is 0.375 e. The van der Waals surface area contributed by atoms with Crippen molar-refractivity contribution in [3.05, 3.63) is 102 Å². The molecule has 3 aromatic rings. The third kappa shape index (κ3) is 2.90.